The first kappa shape index (κ1) is 11.7. The van der Waals surface area contributed by atoms with Crippen molar-refractivity contribution in [2.75, 3.05) is 7.11 Å². The van der Waals surface area contributed by atoms with Crippen molar-refractivity contribution < 1.29 is 9.53 Å². The number of ether oxygens (including phenoxy) is 1. The summed E-state index contributed by atoms with van der Waals surface area (Å²) in [4.78, 5) is 25.4. The average molecular weight is 252 g/mol. The molecule has 1 aromatic carbocycles. The van der Waals surface area contributed by atoms with Crippen LogP contribution in [0.5, 0.6) is 0 Å². The van der Waals surface area contributed by atoms with Gasteiger partial charge in [-0.15, -0.1) is 0 Å². The molecule has 0 radical (unpaired) electrons. The molecule has 4 nitrogen and oxygen atoms in total. The molecule has 2 rings (SSSR count). The number of carbonyl (C=O) groups excluding carboxylic acids is 1. The summed E-state index contributed by atoms with van der Waals surface area (Å²) in [5, 5.41) is 1.30. The van der Waals surface area contributed by atoms with Crippen LogP contribution in [0.25, 0.3) is 10.9 Å². The second kappa shape index (κ2) is 4.59. The van der Waals surface area contributed by atoms with Crippen molar-refractivity contribution in [1.82, 2.24) is 4.98 Å². The molecule has 2 aromatic rings. The fraction of sp³-hybridized carbons (Fsp3) is 0.167. The smallest absolute Gasteiger partial charge is 0.310 e. The zero-order valence-corrected chi connectivity index (χ0v) is 9.88. The lowest BCUT2D eigenvalue weighted by Gasteiger charge is -2.05. The summed E-state index contributed by atoms with van der Waals surface area (Å²) in [6.07, 6.45) is 0.0528. The molecule has 0 aliphatic carbocycles. The molecule has 0 spiro atoms. The van der Waals surface area contributed by atoms with E-state index in [1.165, 1.54) is 13.2 Å². The second-order valence-corrected chi connectivity index (χ2v) is 4.04. The number of aromatic nitrogens is 1. The Bertz CT molecular complexity index is 633. The Balaban J connectivity index is 2.63. The standard InChI is InChI=1S/C12H10ClNO3/c1-17-12(16)5-7-4-11(15)14-10-3-2-8(13)6-9(7)10/h2-4,6H,5H2,1H3,(H,14,15). The number of hydrogen-bond donors (Lipinski definition) is 1. The quantitative estimate of drug-likeness (QED) is 0.830. The first-order chi connectivity index (χ1) is 8.10. The summed E-state index contributed by atoms with van der Waals surface area (Å²) in [5.74, 6) is -0.392. The number of aromatic amines is 1. The van der Waals surface area contributed by atoms with Crippen LogP contribution in [-0.2, 0) is 16.0 Å². The van der Waals surface area contributed by atoms with Gasteiger partial charge in [0.05, 0.1) is 13.5 Å². The maximum atomic E-state index is 11.4. The summed E-state index contributed by atoms with van der Waals surface area (Å²) < 4.78 is 4.59. The fourth-order valence-corrected chi connectivity index (χ4v) is 1.84. The summed E-state index contributed by atoms with van der Waals surface area (Å²) in [7, 11) is 1.31. The predicted molar refractivity (Wildman–Crippen MR) is 65.3 cm³/mol. The second-order valence-electron chi connectivity index (χ2n) is 3.60. The number of fused-ring (bicyclic) bond motifs is 1. The summed E-state index contributed by atoms with van der Waals surface area (Å²) in [5.41, 5.74) is 1.01. The van der Waals surface area contributed by atoms with E-state index >= 15 is 0 Å². The van der Waals surface area contributed by atoms with Gasteiger partial charge in [0.2, 0.25) is 5.56 Å². The van der Waals surface area contributed by atoms with Gasteiger partial charge in [0, 0.05) is 22.0 Å². The van der Waals surface area contributed by atoms with Crippen LogP contribution in [0, 0.1) is 0 Å². The van der Waals surface area contributed by atoms with Crippen molar-refractivity contribution >= 4 is 28.5 Å². The predicted octanol–water partition coefficient (Wildman–Crippen LogP) is 1.90. The third-order valence-corrected chi connectivity index (χ3v) is 2.69. The molecule has 0 bridgehead atoms. The lowest BCUT2D eigenvalue weighted by atomic mass is 10.1. The Morgan fingerprint density at radius 3 is 2.88 bits per heavy atom. The molecule has 0 fully saturated rings. The first-order valence-corrected chi connectivity index (χ1v) is 5.36. The summed E-state index contributed by atoms with van der Waals surface area (Å²) in [6, 6.07) is 6.49. The minimum atomic E-state index is -0.392. The number of nitrogens with one attached hydrogen (secondary N) is 1. The molecular weight excluding hydrogens is 242 g/mol. The molecule has 0 aliphatic rings. The van der Waals surface area contributed by atoms with Crippen LogP contribution in [0.2, 0.25) is 5.02 Å². The van der Waals surface area contributed by atoms with Crippen LogP contribution in [0.15, 0.2) is 29.1 Å². The van der Waals surface area contributed by atoms with E-state index in [-0.39, 0.29) is 12.0 Å². The van der Waals surface area contributed by atoms with Crippen molar-refractivity contribution in [2.24, 2.45) is 0 Å². The molecule has 88 valence electrons. The first-order valence-electron chi connectivity index (χ1n) is 4.98. The number of esters is 1. The van der Waals surface area contributed by atoms with E-state index in [1.807, 2.05) is 0 Å². The van der Waals surface area contributed by atoms with Crippen LogP contribution in [0.3, 0.4) is 0 Å². The lowest BCUT2D eigenvalue weighted by Crippen LogP contribution is -2.11. The Morgan fingerprint density at radius 2 is 2.18 bits per heavy atom. The van der Waals surface area contributed by atoms with Crippen molar-refractivity contribution in [3.05, 3.63) is 45.2 Å². The van der Waals surface area contributed by atoms with Crippen LogP contribution in [-0.4, -0.2) is 18.1 Å². The van der Waals surface area contributed by atoms with Gasteiger partial charge in [-0.3, -0.25) is 9.59 Å². The number of benzene rings is 1. The van der Waals surface area contributed by atoms with Gasteiger partial charge in [-0.2, -0.15) is 0 Å². The molecule has 0 saturated carbocycles. The zero-order chi connectivity index (χ0) is 12.4. The highest BCUT2D eigenvalue weighted by Crippen LogP contribution is 2.20. The van der Waals surface area contributed by atoms with Crippen molar-refractivity contribution in [3.63, 3.8) is 0 Å². The Labute approximate surface area is 102 Å². The highest BCUT2D eigenvalue weighted by Gasteiger charge is 2.09. The maximum absolute atomic E-state index is 11.4. The number of H-pyrrole nitrogens is 1. The highest BCUT2D eigenvalue weighted by molar-refractivity contribution is 6.31. The van der Waals surface area contributed by atoms with Gasteiger partial charge in [0.25, 0.3) is 0 Å². The third kappa shape index (κ3) is 2.47. The normalized spacial score (nSPS) is 10.5. The molecular formula is C12H10ClNO3. The number of carbonyl (C=O) groups is 1. The Hall–Kier alpha value is -1.81. The van der Waals surface area contributed by atoms with Crippen molar-refractivity contribution in [3.8, 4) is 0 Å². The molecule has 1 N–H and O–H groups in total. The SMILES string of the molecule is COC(=O)Cc1cc(=O)[nH]c2ccc(Cl)cc12. The summed E-state index contributed by atoms with van der Waals surface area (Å²) in [6.45, 7) is 0. The number of rotatable bonds is 2. The van der Waals surface area contributed by atoms with E-state index in [4.69, 9.17) is 11.6 Å². The number of hydrogen-bond acceptors (Lipinski definition) is 3. The topological polar surface area (TPSA) is 59.2 Å². The number of pyridine rings is 1. The molecule has 0 atom stereocenters. The Kier molecular flexibility index (Phi) is 3.15. The van der Waals surface area contributed by atoms with Crippen molar-refractivity contribution in [2.45, 2.75) is 6.42 Å². The molecule has 0 amide bonds. The van der Waals surface area contributed by atoms with Gasteiger partial charge in [-0.1, -0.05) is 11.6 Å². The molecule has 0 saturated heterocycles. The number of methoxy groups -OCH3 is 1. The van der Waals surface area contributed by atoms with E-state index in [9.17, 15) is 9.59 Å². The molecule has 17 heavy (non-hydrogen) atoms. The maximum Gasteiger partial charge on any atom is 0.310 e. The van der Waals surface area contributed by atoms with E-state index in [0.717, 1.165) is 5.39 Å². The van der Waals surface area contributed by atoms with E-state index in [2.05, 4.69) is 9.72 Å². The largest absolute Gasteiger partial charge is 0.469 e. The monoisotopic (exact) mass is 251 g/mol. The van der Waals surface area contributed by atoms with Gasteiger partial charge in [0.1, 0.15) is 0 Å². The van der Waals surface area contributed by atoms with E-state index in [0.29, 0.717) is 16.1 Å². The van der Waals surface area contributed by atoms with Crippen LogP contribution < -0.4 is 5.56 Å². The Morgan fingerprint density at radius 1 is 1.41 bits per heavy atom. The minimum absolute atomic E-state index is 0.0528. The number of halogens is 1. The third-order valence-electron chi connectivity index (χ3n) is 2.45. The van der Waals surface area contributed by atoms with Gasteiger partial charge >= 0.3 is 5.97 Å². The summed E-state index contributed by atoms with van der Waals surface area (Å²) >= 11 is 5.89. The van der Waals surface area contributed by atoms with Crippen LogP contribution in [0.1, 0.15) is 5.56 Å². The minimum Gasteiger partial charge on any atom is -0.469 e. The highest BCUT2D eigenvalue weighted by atomic mass is 35.5. The molecule has 1 heterocycles. The van der Waals surface area contributed by atoms with Gasteiger partial charge < -0.3 is 9.72 Å². The fourth-order valence-electron chi connectivity index (χ4n) is 1.67. The lowest BCUT2D eigenvalue weighted by molar-refractivity contribution is -0.139. The molecule has 0 unspecified atom stereocenters. The van der Waals surface area contributed by atoms with Gasteiger partial charge in [-0.25, -0.2) is 0 Å². The van der Waals surface area contributed by atoms with Crippen molar-refractivity contribution in [1.29, 1.82) is 0 Å². The van der Waals surface area contributed by atoms with E-state index < -0.39 is 5.97 Å². The van der Waals surface area contributed by atoms with Gasteiger partial charge in [0.15, 0.2) is 0 Å². The van der Waals surface area contributed by atoms with Crippen LogP contribution >= 0.6 is 11.6 Å². The van der Waals surface area contributed by atoms with Gasteiger partial charge in [-0.05, 0) is 23.8 Å². The molecule has 1 aromatic heterocycles. The molecule has 5 heteroatoms. The average Bonchev–Trinajstić information content (AvgIpc) is 2.29. The van der Waals surface area contributed by atoms with E-state index in [1.54, 1.807) is 18.2 Å². The zero-order valence-electron chi connectivity index (χ0n) is 9.12. The molecule has 0 aliphatic heterocycles. The van der Waals surface area contributed by atoms with Crippen LogP contribution in [0.4, 0.5) is 0 Å².